The van der Waals surface area contributed by atoms with Crippen LogP contribution in [-0.2, 0) is 0 Å². The molecule has 0 aliphatic carbocycles. The predicted molar refractivity (Wildman–Crippen MR) is 81.9 cm³/mol. The number of benzene rings is 1. The van der Waals surface area contributed by atoms with E-state index in [1.165, 1.54) is 6.07 Å². The smallest absolute Gasteiger partial charge is 0.269 e. The van der Waals surface area contributed by atoms with Gasteiger partial charge in [0.15, 0.2) is 0 Å². The van der Waals surface area contributed by atoms with Crippen LogP contribution in [0.25, 0.3) is 0 Å². The van der Waals surface area contributed by atoms with E-state index in [0.29, 0.717) is 6.04 Å². The van der Waals surface area contributed by atoms with Crippen LogP contribution < -0.4 is 5.32 Å². The van der Waals surface area contributed by atoms with Crippen LogP contribution in [0.3, 0.4) is 0 Å². The Bertz CT molecular complexity index is 437. The molecule has 0 saturated heterocycles. The van der Waals surface area contributed by atoms with Gasteiger partial charge in [-0.1, -0.05) is 19.1 Å². The zero-order valence-corrected chi connectivity index (χ0v) is 12.8. The first-order chi connectivity index (χ1) is 9.45. The molecule has 1 rings (SSSR count). The summed E-state index contributed by atoms with van der Waals surface area (Å²) in [7, 11) is 2.12. The summed E-state index contributed by atoms with van der Waals surface area (Å²) in [5.41, 5.74) is 1.10. The number of likely N-dealkylation sites (N-methyl/N-ethyl adjacent to an activating group) is 1. The average Bonchev–Trinajstić information content (AvgIpc) is 2.46. The number of nitrogens with one attached hydrogen (secondary N) is 1. The number of non-ortho nitro benzene ring substituents is 1. The molecule has 2 unspecified atom stereocenters. The van der Waals surface area contributed by atoms with Crippen molar-refractivity contribution in [2.24, 2.45) is 0 Å². The second-order valence-corrected chi connectivity index (χ2v) is 5.27. The molecule has 0 amide bonds. The molecule has 1 aromatic rings. The van der Waals surface area contributed by atoms with E-state index in [0.717, 1.165) is 25.1 Å². The maximum atomic E-state index is 10.8. The summed E-state index contributed by atoms with van der Waals surface area (Å²) >= 11 is 0. The van der Waals surface area contributed by atoms with Gasteiger partial charge in [0.25, 0.3) is 5.69 Å². The van der Waals surface area contributed by atoms with E-state index in [9.17, 15) is 10.1 Å². The highest BCUT2D eigenvalue weighted by molar-refractivity contribution is 5.35. The molecule has 0 saturated carbocycles. The summed E-state index contributed by atoms with van der Waals surface area (Å²) in [4.78, 5) is 12.7. The van der Waals surface area contributed by atoms with Gasteiger partial charge in [0, 0.05) is 37.3 Å². The molecule has 0 fully saturated rings. The molecule has 0 spiro atoms. The zero-order chi connectivity index (χ0) is 15.1. The van der Waals surface area contributed by atoms with Crippen molar-refractivity contribution < 1.29 is 4.92 Å². The van der Waals surface area contributed by atoms with Gasteiger partial charge < -0.3 is 10.2 Å². The minimum absolute atomic E-state index is 0.111. The number of hydrogen-bond acceptors (Lipinski definition) is 4. The Morgan fingerprint density at radius 2 is 2.10 bits per heavy atom. The van der Waals surface area contributed by atoms with E-state index in [1.54, 1.807) is 12.1 Å². The number of nitro benzene ring substituents is 1. The van der Waals surface area contributed by atoms with Crippen molar-refractivity contribution in [2.45, 2.75) is 39.3 Å². The normalized spacial score (nSPS) is 14.2. The standard InChI is InChI=1S/C15H25N3O2/c1-5-12(2)17(4)10-9-16-13(3)14-7-6-8-15(11-14)18(19)20/h6-8,11-13,16H,5,9-10H2,1-4H3. The lowest BCUT2D eigenvalue weighted by Crippen LogP contribution is -2.35. The molecule has 5 nitrogen and oxygen atoms in total. The Morgan fingerprint density at radius 3 is 2.70 bits per heavy atom. The number of nitrogens with zero attached hydrogens (tertiary/aromatic N) is 2. The fourth-order valence-corrected chi connectivity index (χ4v) is 2.02. The quantitative estimate of drug-likeness (QED) is 0.587. The van der Waals surface area contributed by atoms with Gasteiger partial charge >= 0.3 is 0 Å². The van der Waals surface area contributed by atoms with Crippen LogP contribution in [0.2, 0.25) is 0 Å². The third-order valence-corrected chi connectivity index (χ3v) is 3.84. The summed E-state index contributed by atoms with van der Waals surface area (Å²) < 4.78 is 0. The Kier molecular flexibility index (Phi) is 6.61. The highest BCUT2D eigenvalue weighted by Crippen LogP contribution is 2.18. The molecule has 0 aliphatic rings. The highest BCUT2D eigenvalue weighted by atomic mass is 16.6. The van der Waals surface area contributed by atoms with Crippen molar-refractivity contribution in [3.63, 3.8) is 0 Å². The lowest BCUT2D eigenvalue weighted by Gasteiger charge is -2.24. The SMILES string of the molecule is CCC(C)N(C)CCNC(C)c1cccc([N+](=O)[O-])c1. The molecule has 0 aliphatic heterocycles. The Hall–Kier alpha value is -1.46. The number of hydrogen-bond donors (Lipinski definition) is 1. The van der Waals surface area contributed by atoms with Gasteiger partial charge in [0.1, 0.15) is 0 Å². The molecule has 1 N–H and O–H groups in total. The van der Waals surface area contributed by atoms with E-state index < -0.39 is 0 Å². The van der Waals surface area contributed by atoms with Gasteiger partial charge in [0.2, 0.25) is 0 Å². The van der Waals surface area contributed by atoms with Crippen LogP contribution >= 0.6 is 0 Å². The molecule has 20 heavy (non-hydrogen) atoms. The largest absolute Gasteiger partial charge is 0.309 e. The molecule has 2 atom stereocenters. The maximum absolute atomic E-state index is 10.8. The van der Waals surface area contributed by atoms with Crippen LogP contribution in [0.4, 0.5) is 5.69 Å². The predicted octanol–water partition coefficient (Wildman–Crippen LogP) is 2.98. The molecule has 0 aromatic heterocycles. The molecule has 0 radical (unpaired) electrons. The molecular weight excluding hydrogens is 254 g/mol. The first-order valence-electron chi connectivity index (χ1n) is 7.13. The van der Waals surface area contributed by atoms with E-state index in [2.05, 4.69) is 31.1 Å². The van der Waals surface area contributed by atoms with Gasteiger partial charge in [-0.05, 0) is 32.9 Å². The van der Waals surface area contributed by atoms with Gasteiger partial charge in [-0.2, -0.15) is 0 Å². The number of nitro groups is 1. The van der Waals surface area contributed by atoms with Crippen molar-refractivity contribution in [1.29, 1.82) is 0 Å². The molecule has 0 heterocycles. The summed E-state index contributed by atoms with van der Waals surface area (Å²) in [6.45, 7) is 8.26. The summed E-state index contributed by atoms with van der Waals surface area (Å²) in [5, 5.41) is 14.2. The lowest BCUT2D eigenvalue weighted by molar-refractivity contribution is -0.384. The van der Waals surface area contributed by atoms with Crippen LogP contribution in [-0.4, -0.2) is 36.0 Å². The van der Waals surface area contributed by atoms with E-state index >= 15 is 0 Å². The van der Waals surface area contributed by atoms with E-state index in [-0.39, 0.29) is 16.7 Å². The Balaban J connectivity index is 2.49. The summed E-state index contributed by atoms with van der Waals surface area (Å²) in [6.07, 6.45) is 1.14. The number of rotatable bonds is 8. The summed E-state index contributed by atoms with van der Waals surface area (Å²) in [5.74, 6) is 0. The monoisotopic (exact) mass is 279 g/mol. The summed E-state index contributed by atoms with van der Waals surface area (Å²) in [6, 6.07) is 7.49. The van der Waals surface area contributed by atoms with E-state index in [4.69, 9.17) is 0 Å². The molecule has 0 bridgehead atoms. The Labute approximate surface area is 121 Å². The molecule has 112 valence electrons. The molecule has 1 aromatic carbocycles. The fourth-order valence-electron chi connectivity index (χ4n) is 2.02. The van der Waals surface area contributed by atoms with Gasteiger partial charge in [0.05, 0.1) is 4.92 Å². The van der Waals surface area contributed by atoms with Crippen LogP contribution in [0.15, 0.2) is 24.3 Å². The van der Waals surface area contributed by atoms with Gasteiger partial charge in [-0.3, -0.25) is 10.1 Å². The highest BCUT2D eigenvalue weighted by Gasteiger charge is 2.11. The second kappa shape index (κ2) is 7.97. The maximum Gasteiger partial charge on any atom is 0.269 e. The molecular formula is C15H25N3O2. The van der Waals surface area contributed by atoms with Gasteiger partial charge in [-0.15, -0.1) is 0 Å². The van der Waals surface area contributed by atoms with Crippen molar-refractivity contribution in [3.8, 4) is 0 Å². The third-order valence-electron chi connectivity index (χ3n) is 3.84. The van der Waals surface area contributed by atoms with Gasteiger partial charge in [-0.25, -0.2) is 0 Å². The second-order valence-electron chi connectivity index (χ2n) is 5.27. The lowest BCUT2D eigenvalue weighted by atomic mass is 10.1. The first-order valence-corrected chi connectivity index (χ1v) is 7.13. The first kappa shape index (κ1) is 16.6. The van der Waals surface area contributed by atoms with Crippen molar-refractivity contribution in [1.82, 2.24) is 10.2 Å². The minimum atomic E-state index is -0.354. The van der Waals surface area contributed by atoms with Crippen LogP contribution in [0.1, 0.15) is 38.8 Å². The van der Waals surface area contributed by atoms with Crippen LogP contribution in [0.5, 0.6) is 0 Å². The van der Waals surface area contributed by atoms with E-state index in [1.807, 2.05) is 13.0 Å². The molecule has 5 heteroatoms. The Morgan fingerprint density at radius 1 is 1.40 bits per heavy atom. The average molecular weight is 279 g/mol. The van der Waals surface area contributed by atoms with Crippen molar-refractivity contribution in [3.05, 3.63) is 39.9 Å². The topological polar surface area (TPSA) is 58.4 Å². The van der Waals surface area contributed by atoms with Crippen LogP contribution in [0, 0.1) is 10.1 Å². The van der Waals surface area contributed by atoms with Crippen molar-refractivity contribution in [2.75, 3.05) is 20.1 Å². The van der Waals surface area contributed by atoms with Crippen molar-refractivity contribution >= 4 is 5.69 Å². The minimum Gasteiger partial charge on any atom is -0.309 e. The third kappa shape index (κ3) is 4.90. The zero-order valence-electron chi connectivity index (χ0n) is 12.8. The fraction of sp³-hybridized carbons (Fsp3) is 0.600.